The van der Waals surface area contributed by atoms with Crippen molar-refractivity contribution < 1.29 is 9.84 Å². The number of ether oxygens (including phenoxy) is 1. The monoisotopic (exact) mass is 258 g/mol. The normalized spacial score (nSPS) is 26.7. The number of aromatic nitrogens is 2. The van der Waals surface area contributed by atoms with Gasteiger partial charge in [-0.1, -0.05) is 11.6 Å². The van der Waals surface area contributed by atoms with Crippen LogP contribution in [0.15, 0.2) is 6.20 Å². The Balaban J connectivity index is 2.29. The lowest BCUT2D eigenvalue weighted by Gasteiger charge is -2.23. The molecule has 0 spiro atoms. The van der Waals surface area contributed by atoms with Crippen LogP contribution in [0.3, 0.4) is 0 Å². The van der Waals surface area contributed by atoms with Gasteiger partial charge in [0.05, 0.1) is 23.0 Å². The van der Waals surface area contributed by atoms with Gasteiger partial charge in [0.25, 0.3) is 0 Å². The third-order valence-electron chi connectivity index (χ3n) is 3.40. The van der Waals surface area contributed by atoms with E-state index < -0.39 is 6.10 Å². The molecule has 0 saturated carbocycles. The van der Waals surface area contributed by atoms with Crippen molar-refractivity contribution in [3.63, 3.8) is 0 Å². The summed E-state index contributed by atoms with van der Waals surface area (Å²) in [6.45, 7) is 6.74. The van der Waals surface area contributed by atoms with Crippen molar-refractivity contribution >= 4 is 11.6 Å². The maximum absolute atomic E-state index is 10.5. The standard InChI is InChI=1S/C12H19ClN2O2/c1-7(2)15-11(10(13)6-14-15)12(16)9-4-5-17-8(9)3/h6-9,12,16H,4-5H2,1-3H3. The van der Waals surface area contributed by atoms with Crippen molar-refractivity contribution in [1.29, 1.82) is 0 Å². The van der Waals surface area contributed by atoms with E-state index in [0.717, 1.165) is 6.42 Å². The van der Waals surface area contributed by atoms with E-state index in [1.807, 2.05) is 20.8 Å². The number of aliphatic hydroxyl groups is 1. The molecule has 4 nitrogen and oxygen atoms in total. The van der Waals surface area contributed by atoms with Gasteiger partial charge in [0.2, 0.25) is 0 Å². The molecule has 3 unspecified atom stereocenters. The Morgan fingerprint density at radius 1 is 1.59 bits per heavy atom. The van der Waals surface area contributed by atoms with E-state index in [4.69, 9.17) is 16.3 Å². The predicted octanol–water partition coefficient (Wildman–Crippen LogP) is 2.58. The van der Waals surface area contributed by atoms with Gasteiger partial charge in [0, 0.05) is 18.6 Å². The second kappa shape index (κ2) is 4.96. The molecule has 0 bridgehead atoms. The second-order valence-corrected chi connectivity index (χ2v) is 5.30. The number of nitrogens with zero attached hydrogens (tertiary/aromatic N) is 2. The SMILES string of the molecule is CC1OCCC1C(O)c1c(Cl)cnn1C(C)C. The average Bonchev–Trinajstić information content (AvgIpc) is 2.83. The quantitative estimate of drug-likeness (QED) is 0.907. The van der Waals surface area contributed by atoms with Gasteiger partial charge in [-0.3, -0.25) is 4.68 Å². The Bertz CT molecular complexity index is 392. The molecule has 1 saturated heterocycles. The largest absolute Gasteiger partial charge is 0.386 e. The minimum atomic E-state index is -0.607. The van der Waals surface area contributed by atoms with E-state index in [1.54, 1.807) is 10.9 Å². The van der Waals surface area contributed by atoms with Gasteiger partial charge in [-0.15, -0.1) is 0 Å². The van der Waals surface area contributed by atoms with Gasteiger partial charge in [-0.05, 0) is 27.2 Å². The molecule has 96 valence electrons. The first-order valence-electron chi connectivity index (χ1n) is 6.05. The summed E-state index contributed by atoms with van der Waals surface area (Å²) in [6.07, 6.45) is 1.92. The summed E-state index contributed by atoms with van der Waals surface area (Å²) in [7, 11) is 0. The van der Waals surface area contributed by atoms with Crippen LogP contribution < -0.4 is 0 Å². The minimum absolute atomic E-state index is 0.0663. The van der Waals surface area contributed by atoms with Crippen LogP contribution in [0.5, 0.6) is 0 Å². The molecule has 0 amide bonds. The van der Waals surface area contributed by atoms with E-state index in [0.29, 0.717) is 17.3 Å². The summed E-state index contributed by atoms with van der Waals surface area (Å²) in [5.41, 5.74) is 0.712. The first kappa shape index (κ1) is 12.9. The van der Waals surface area contributed by atoms with Crippen LogP contribution in [0, 0.1) is 5.92 Å². The Hall–Kier alpha value is -0.580. The molecule has 3 atom stereocenters. The van der Waals surface area contributed by atoms with Crippen LogP contribution >= 0.6 is 11.6 Å². The zero-order valence-electron chi connectivity index (χ0n) is 10.4. The van der Waals surface area contributed by atoms with Crippen LogP contribution in [0.4, 0.5) is 0 Å². The fraction of sp³-hybridized carbons (Fsp3) is 0.750. The topological polar surface area (TPSA) is 47.3 Å². The van der Waals surface area contributed by atoms with Gasteiger partial charge in [0.1, 0.15) is 6.10 Å². The summed E-state index contributed by atoms with van der Waals surface area (Å²) < 4.78 is 7.28. The number of hydrogen-bond acceptors (Lipinski definition) is 3. The first-order chi connectivity index (χ1) is 8.02. The molecular formula is C12H19ClN2O2. The molecule has 1 fully saturated rings. The third kappa shape index (κ3) is 2.34. The lowest BCUT2D eigenvalue weighted by molar-refractivity contribution is 0.0382. The summed E-state index contributed by atoms with van der Waals surface area (Å²) in [5.74, 6) is 0.0988. The minimum Gasteiger partial charge on any atom is -0.386 e. The van der Waals surface area contributed by atoms with E-state index in [9.17, 15) is 5.11 Å². The van der Waals surface area contributed by atoms with Crippen LogP contribution in [0.2, 0.25) is 5.02 Å². The molecule has 2 rings (SSSR count). The first-order valence-corrected chi connectivity index (χ1v) is 6.42. The zero-order chi connectivity index (χ0) is 12.6. The second-order valence-electron chi connectivity index (χ2n) is 4.89. The van der Waals surface area contributed by atoms with Gasteiger partial charge < -0.3 is 9.84 Å². The van der Waals surface area contributed by atoms with E-state index >= 15 is 0 Å². The maximum Gasteiger partial charge on any atom is 0.102 e. The highest BCUT2D eigenvalue weighted by Gasteiger charge is 2.34. The Labute approximate surface area is 107 Å². The van der Waals surface area contributed by atoms with Crippen molar-refractivity contribution in [2.75, 3.05) is 6.61 Å². The van der Waals surface area contributed by atoms with E-state index in [-0.39, 0.29) is 18.1 Å². The molecule has 1 aromatic rings. The highest BCUT2D eigenvalue weighted by atomic mass is 35.5. The Morgan fingerprint density at radius 3 is 2.82 bits per heavy atom. The molecule has 0 aromatic carbocycles. The van der Waals surface area contributed by atoms with Gasteiger partial charge in [-0.25, -0.2) is 0 Å². The number of hydrogen-bond donors (Lipinski definition) is 1. The Morgan fingerprint density at radius 2 is 2.29 bits per heavy atom. The van der Waals surface area contributed by atoms with Crippen molar-refractivity contribution in [1.82, 2.24) is 9.78 Å². The summed E-state index contributed by atoms with van der Waals surface area (Å²) in [4.78, 5) is 0. The zero-order valence-corrected chi connectivity index (χ0v) is 11.2. The lowest BCUT2D eigenvalue weighted by Crippen LogP contribution is -2.23. The van der Waals surface area contributed by atoms with Crippen molar-refractivity contribution in [2.24, 2.45) is 5.92 Å². The molecule has 5 heteroatoms. The maximum atomic E-state index is 10.5. The Kier molecular flexibility index (Phi) is 3.76. The molecule has 0 radical (unpaired) electrons. The highest BCUT2D eigenvalue weighted by molar-refractivity contribution is 6.31. The fourth-order valence-electron chi connectivity index (χ4n) is 2.40. The highest BCUT2D eigenvalue weighted by Crippen LogP contribution is 2.36. The van der Waals surface area contributed by atoms with Gasteiger partial charge in [-0.2, -0.15) is 5.10 Å². The summed E-state index contributed by atoms with van der Waals surface area (Å²) >= 11 is 6.13. The molecule has 1 aliphatic rings. The summed E-state index contributed by atoms with van der Waals surface area (Å²) in [5, 5.41) is 15.2. The number of rotatable bonds is 3. The molecule has 1 aliphatic heterocycles. The van der Waals surface area contributed by atoms with Crippen molar-refractivity contribution in [3.05, 3.63) is 16.9 Å². The molecule has 1 aromatic heterocycles. The number of halogens is 1. The van der Waals surface area contributed by atoms with Crippen LogP contribution in [0.25, 0.3) is 0 Å². The third-order valence-corrected chi connectivity index (χ3v) is 3.69. The van der Waals surface area contributed by atoms with Crippen LogP contribution in [-0.4, -0.2) is 27.6 Å². The summed E-state index contributed by atoms with van der Waals surface area (Å²) in [6, 6.07) is 0.185. The lowest BCUT2D eigenvalue weighted by atomic mass is 9.93. The van der Waals surface area contributed by atoms with Crippen molar-refractivity contribution in [3.8, 4) is 0 Å². The average molecular weight is 259 g/mol. The van der Waals surface area contributed by atoms with E-state index in [2.05, 4.69) is 5.10 Å². The molecule has 2 heterocycles. The number of aliphatic hydroxyl groups excluding tert-OH is 1. The van der Waals surface area contributed by atoms with Gasteiger partial charge in [0.15, 0.2) is 0 Å². The molecule has 0 aliphatic carbocycles. The smallest absolute Gasteiger partial charge is 0.102 e. The molecule has 1 N–H and O–H groups in total. The van der Waals surface area contributed by atoms with Crippen LogP contribution in [0.1, 0.15) is 45.0 Å². The van der Waals surface area contributed by atoms with Gasteiger partial charge >= 0.3 is 0 Å². The fourth-order valence-corrected chi connectivity index (χ4v) is 2.65. The predicted molar refractivity (Wildman–Crippen MR) is 66.1 cm³/mol. The van der Waals surface area contributed by atoms with E-state index in [1.165, 1.54) is 0 Å². The molecule has 17 heavy (non-hydrogen) atoms. The van der Waals surface area contributed by atoms with Crippen molar-refractivity contribution in [2.45, 2.75) is 45.4 Å². The van der Waals surface area contributed by atoms with Crippen LogP contribution in [-0.2, 0) is 4.74 Å². The molecular weight excluding hydrogens is 240 g/mol.